The highest BCUT2D eigenvalue weighted by Crippen LogP contribution is 2.19. The maximum Gasteiger partial charge on any atom is 0.340 e. The van der Waals surface area contributed by atoms with Crippen LogP contribution in [0.5, 0.6) is 0 Å². The monoisotopic (exact) mass is 298 g/mol. The summed E-state index contributed by atoms with van der Waals surface area (Å²) in [5.74, 6) is -2.33. The standard InChI is InChI=1S/C14H19FN2O4/c1-17(8-3-2-4-9-18)14(21)16-11-7-5-6-10(15)12(11)13(19)20/h5-7,18H,2-4,8-9H2,1H3,(H,16,21)(H,19,20). The molecule has 1 rings (SSSR count). The SMILES string of the molecule is CN(CCCCCO)C(=O)Nc1cccc(F)c1C(=O)O. The maximum absolute atomic E-state index is 13.5. The van der Waals surface area contributed by atoms with E-state index in [1.165, 1.54) is 17.0 Å². The number of carboxylic acid groups (broad SMARTS) is 1. The zero-order valence-electron chi connectivity index (χ0n) is 11.8. The van der Waals surface area contributed by atoms with Crippen molar-refractivity contribution in [3.05, 3.63) is 29.6 Å². The molecule has 0 spiro atoms. The third-order valence-electron chi connectivity index (χ3n) is 2.97. The van der Waals surface area contributed by atoms with Gasteiger partial charge in [-0.3, -0.25) is 0 Å². The number of amides is 2. The fourth-order valence-corrected chi connectivity index (χ4v) is 1.80. The summed E-state index contributed by atoms with van der Waals surface area (Å²) in [5, 5.41) is 20.0. The molecule has 3 N–H and O–H groups in total. The van der Waals surface area contributed by atoms with Crippen LogP contribution in [0.4, 0.5) is 14.9 Å². The van der Waals surface area contributed by atoms with E-state index in [9.17, 15) is 14.0 Å². The zero-order chi connectivity index (χ0) is 15.8. The van der Waals surface area contributed by atoms with Gasteiger partial charge in [0.2, 0.25) is 0 Å². The average molecular weight is 298 g/mol. The summed E-state index contributed by atoms with van der Waals surface area (Å²) in [6.45, 7) is 0.574. The molecule has 0 radical (unpaired) electrons. The van der Waals surface area contributed by atoms with Gasteiger partial charge >= 0.3 is 12.0 Å². The fraction of sp³-hybridized carbons (Fsp3) is 0.429. The first-order valence-corrected chi connectivity index (χ1v) is 6.62. The largest absolute Gasteiger partial charge is 0.478 e. The van der Waals surface area contributed by atoms with Crippen molar-refractivity contribution < 1.29 is 24.2 Å². The van der Waals surface area contributed by atoms with Crippen LogP contribution < -0.4 is 5.32 Å². The Hall–Kier alpha value is -2.15. The van der Waals surface area contributed by atoms with E-state index in [-0.39, 0.29) is 12.3 Å². The van der Waals surface area contributed by atoms with Crippen molar-refractivity contribution in [2.45, 2.75) is 19.3 Å². The van der Waals surface area contributed by atoms with Gasteiger partial charge in [-0.2, -0.15) is 0 Å². The number of benzene rings is 1. The van der Waals surface area contributed by atoms with E-state index in [1.807, 2.05) is 0 Å². The molecule has 116 valence electrons. The number of nitrogens with one attached hydrogen (secondary N) is 1. The highest BCUT2D eigenvalue weighted by Gasteiger charge is 2.18. The van der Waals surface area contributed by atoms with E-state index in [4.69, 9.17) is 10.2 Å². The highest BCUT2D eigenvalue weighted by molar-refractivity contribution is 6.00. The number of hydrogen-bond donors (Lipinski definition) is 3. The lowest BCUT2D eigenvalue weighted by Crippen LogP contribution is -2.32. The topological polar surface area (TPSA) is 89.9 Å². The third-order valence-corrected chi connectivity index (χ3v) is 2.97. The Labute approximate surface area is 122 Å². The van der Waals surface area contributed by atoms with Gasteiger partial charge in [0.1, 0.15) is 11.4 Å². The highest BCUT2D eigenvalue weighted by atomic mass is 19.1. The summed E-state index contributed by atoms with van der Waals surface area (Å²) in [6, 6.07) is 3.19. The molecule has 1 aromatic rings. The minimum atomic E-state index is -1.44. The lowest BCUT2D eigenvalue weighted by molar-refractivity contribution is 0.0693. The average Bonchev–Trinajstić information content (AvgIpc) is 2.43. The minimum Gasteiger partial charge on any atom is -0.478 e. The van der Waals surface area contributed by atoms with E-state index in [0.29, 0.717) is 13.0 Å². The van der Waals surface area contributed by atoms with Crippen molar-refractivity contribution in [1.82, 2.24) is 4.90 Å². The van der Waals surface area contributed by atoms with Crippen LogP contribution in [0.25, 0.3) is 0 Å². The third kappa shape index (κ3) is 5.03. The van der Waals surface area contributed by atoms with Gasteiger partial charge in [0.15, 0.2) is 0 Å². The van der Waals surface area contributed by atoms with Crippen LogP contribution in [0.15, 0.2) is 18.2 Å². The second kappa shape index (κ2) is 8.21. The van der Waals surface area contributed by atoms with Crippen LogP contribution in [-0.2, 0) is 0 Å². The molecule has 0 bridgehead atoms. The van der Waals surface area contributed by atoms with Crippen LogP contribution in [0.2, 0.25) is 0 Å². The first kappa shape index (κ1) is 16.9. The second-order valence-corrected chi connectivity index (χ2v) is 4.60. The molecular weight excluding hydrogens is 279 g/mol. The molecular formula is C14H19FN2O4. The number of carboxylic acids is 1. The molecule has 0 unspecified atom stereocenters. The second-order valence-electron chi connectivity index (χ2n) is 4.60. The Kier molecular flexibility index (Phi) is 6.61. The van der Waals surface area contributed by atoms with E-state index in [0.717, 1.165) is 18.9 Å². The Morgan fingerprint density at radius 3 is 2.62 bits per heavy atom. The maximum atomic E-state index is 13.5. The molecule has 0 aliphatic rings. The summed E-state index contributed by atoms with van der Waals surface area (Å²) in [4.78, 5) is 24.3. The smallest absolute Gasteiger partial charge is 0.340 e. The molecule has 0 fully saturated rings. The van der Waals surface area contributed by atoms with E-state index in [1.54, 1.807) is 7.05 Å². The van der Waals surface area contributed by atoms with E-state index in [2.05, 4.69) is 5.32 Å². The van der Waals surface area contributed by atoms with Crippen molar-refractivity contribution in [2.24, 2.45) is 0 Å². The number of carbonyl (C=O) groups excluding carboxylic acids is 1. The van der Waals surface area contributed by atoms with Crippen LogP contribution >= 0.6 is 0 Å². The number of rotatable bonds is 7. The van der Waals surface area contributed by atoms with Crippen LogP contribution in [0, 0.1) is 5.82 Å². The molecule has 0 atom stereocenters. The summed E-state index contributed by atoms with van der Waals surface area (Å²) in [6.07, 6.45) is 2.18. The molecule has 0 aliphatic heterocycles. The van der Waals surface area contributed by atoms with Gasteiger partial charge in [0, 0.05) is 20.2 Å². The molecule has 2 amide bonds. The molecule has 1 aromatic carbocycles. The number of aromatic carboxylic acids is 1. The number of urea groups is 1. The number of aliphatic hydroxyl groups is 1. The number of nitrogens with zero attached hydrogens (tertiary/aromatic N) is 1. The number of unbranched alkanes of at least 4 members (excludes halogenated alkanes) is 2. The quantitative estimate of drug-likeness (QED) is 0.673. The number of carbonyl (C=O) groups is 2. The van der Waals surface area contributed by atoms with Crippen molar-refractivity contribution in [1.29, 1.82) is 0 Å². The van der Waals surface area contributed by atoms with Crippen molar-refractivity contribution in [3.8, 4) is 0 Å². The Bertz CT molecular complexity index is 508. The zero-order valence-corrected chi connectivity index (χ0v) is 11.8. The molecule has 6 nitrogen and oxygen atoms in total. The number of halogens is 1. The molecule has 0 saturated heterocycles. The Balaban J connectivity index is 2.66. The van der Waals surface area contributed by atoms with Gasteiger partial charge in [-0.05, 0) is 31.4 Å². The first-order chi connectivity index (χ1) is 9.97. The number of aliphatic hydroxyl groups excluding tert-OH is 1. The molecule has 0 saturated carbocycles. The predicted molar refractivity (Wildman–Crippen MR) is 75.9 cm³/mol. The summed E-state index contributed by atoms with van der Waals surface area (Å²) >= 11 is 0. The Morgan fingerprint density at radius 2 is 2.00 bits per heavy atom. The molecule has 21 heavy (non-hydrogen) atoms. The lowest BCUT2D eigenvalue weighted by atomic mass is 10.1. The molecule has 0 aromatic heterocycles. The van der Waals surface area contributed by atoms with E-state index < -0.39 is 23.4 Å². The van der Waals surface area contributed by atoms with Crippen molar-refractivity contribution in [2.75, 3.05) is 25.5 Å². The van der Waals surface area contributed by atoms with Crippen molar-refractivity contribution in [3.63, 3.8) is 0 Å². The lowest BCUT2D eigenvalue weighted by Gasteiger charge is -2.18. The summed E-state index contributed by atoms with van der Waals surface area (Å²) in [5.41, 5.74) is -0.630. The van der Waals surface area contributed by atoms with Crippen molar-refractivity contribution >= 4 is 17.7 Å². The van der Waals surface area contributed by atoms with Crippen LogP contribution in [0.3, 0.4) is 0 Å². The van der Waals surface area contributed by atoms with E-state index >= 15 is 0 Å². The van der Waals surface area contributed by atoms with Crippen LogP contribution in [0.1, 0.15) is 29.6 Å². The summed E-state index contributed by atoms with van der Waals surface area (Å²) in [7, 11) is 1.56. The van der Waals surface area contributed by atoms with Gasteiger partial charge in [-0.15, -0.1) is 0 Å². The minimum absolute atomic E-state index is 0.0743. The molecule has 7 heteroatoms. The Morgan fingerprint density at radius 1 is 1.29 bits per heavy atom. The molecule has 0 heterocycles. The number of anilines is 1. The van der Waals surface area contributed by atoms with Gasteiger partial charge in [0.05, 0.1) is 5.69 Å². The predicted octanol–water partition coefficient (Wildman–Crippen LogP) is 2.15. The molecule has 0 aliphatic carbocycles. The van der Waals surface area contributed by atoms with Crippen LogP contribution in [-0.4, -0.2) is 47.3 Å². The van der Waals surface area contributed by atoms with Gasteiger partial charge < -0.3 is 20.4 Å². The number of hydrogen-bond acceptors (Lipinski definition) is 3. The first-order valence-electron chi connectivity index (χ1n) is 6.62. The van der Waals surface area contributed by atoms with Gasteiger partial charge in [-0.25, -0.2) is 14.0 Å². The fourth-order valence-electron chi connectivity index (χ4n) is 1.80. The normalized spacial score (nSPS) is 10.2. The van der Waals surface area contributed by atoms with Gasteiger partial charge in [-0.1, -0.05) is 6.07 Å². The summed E-state index contributed by atoms with van der Waals surface area (Å²) < 4.78 is 13.5. The van der Waals surface area contributed by atoms with Gasteiger partial charge in [0.25, 0.3) is 0 Å².